The molecule has 2 N–H and O–H groups in total. The molecule has 1 saturated heterocycles. The third-order valence-electron chi connectivity index (χ3n) is 6.74. The number of hydrogen-bond acceptors (Lipinski definition) is 7. The smallest absolute Gasteiger partial charge is 0.261 e. The fourth-order valence-corrected chi connectivity index (χ4v) is 6.04. The van der Waals surface area contributed by atoms with E-state index in [9.17, 15) is 23.1 Å². The summed E-state index contributed by atoms with van der Waals surface area (Å²) >= 11 is 6.05. The number of nitrogens with zero attached hydrogens (tertiary/aromatic N) is 2. The molecule has 4 rings (SSSR count). The highest BCUT2D eigenvalue weighted by Crippen LogP contribution is 2.22. The third-order valence-corrected chi connectivity index (χ3v) is 8.91. The van der Waals surface area contributed by atoms with Crippen molar-refractivity contribution >= 4 is 33.4 Å². The van der Waals surface area contributed by atoms with Crippen molar-refractivity contribution in [2.75, 3.05) is 46.1 Å². The lowest BCUT2D eigenvalue weighted by Crippen LogP contribution is -2.52. The Bertz CT molecular complexity index is 1420. The molecule has 0 saturated carbocycles. The number of carbonyl (C=O) groups excluding carboxylic acids is 2. The summed E-state index contributed by atoms with van der Waals surface area (Å²) in [6.07, 6.45) is 0.242. The van der Waals surface area contributed by atoms with Gasteiger partial charge in [0, 0.05) is 37.6 Å². The highest BCUT2D eigenvalue weighted by molar-refractivity contribution is 7.89. The van der Waals surface area contributed by atoms with Crippen LogP contribution in [0.5, 0.6) is 5.75 Å². The van der Waals surface area contributed by atoms with Crippen LogP contribution in [0.1, 0.15) is 11.1 Å². The molecule has 12 heteroatoms. The number of amides is 2. The zero-order valence-corrected chi connectivity index (χ0v) is 24.6. The molecule has 1 heterocycles. The summed E-state index contributed by atoms with van der Waals surface area (Å²) < 4.78 is 38.2. The van der Waals surface area contributed by atoms with Crippen molar-refractivity contribution < 1.29 is 32.6 Å². The lowest BCUT2D eigenvalue weighted by molar-refractivity contribution is -0.142. The molecule has 0 bridgehead atoms. The van der Waals surface area contributed by atoms with Crippen LogP contribution in [0.25, 0.3) is 0 Å². The third kappa shape index (κ3) is 8.52. The molecule has 0 aliphatic carbocycles. The van der Waals surface area contributed by atoms with Gasteiger partial charge in [-0.2, -0.15) is 4.31 Å². The van der Waals surface area contributed by atoms with Gasteiger partial charge in [0.15, 0.2) is 6.61 Å². The normalized spacial score (nSPS) is 14.6. The predicted molar refractivity (Wildman–Crippen MR) is 158 cm³/mol. The van der Waals surface area contributed by atoms with Crippen molar-refractivity contribution in [1.82, 2.24) is 14.5 Å². The summed E-state index contributed by atoms with van der Waals surface area (Å²) in [6, 6.07) is 21.3. The van der Waals surface area contributed by atoms with Crippen LogP contribution in [0, 0.1) is 0 Å². The van der Waals surface area contributed by atoms with Crippen LogP contribution >= 0.6 is 11.6 Å². The number of rotatable bonds is 13. The lowest BCUT2D eigenvalue weighted by Gasteiger charge is -2.31. The van der Waals surface area contributed by atoms with Crippen LogP contribution in [0.2, 0.25) is 5.02 Å². The van der Waals surface area contributed by atoms with Crippen LogP contribution in [0.4, 0.5) is 0 Å². The largest absolute Gasteiger partial charge is 0.484 e. The van der Waals surface area contributed by atoms with Gasteiger partial charge in [0.05, 0.1) is 24.7 Å². The van der Waals surface area contributed by atoms with Gasteiger partial charge < -0.3 is 24.8 Å². The van der Waals surface area contributed by atoms with Gasteiger partial charge in [0.2, 0.25) is 15.9 Å². The van der Waals surface area contributed by atoms with E-state index in [2.05, 4.69) is 5.32 Å². The van der Waals surface area contributed by atoms with E-state index >= 15 is 0 Å². The van der Waals surface area contributed by atoms with Gasteiger partial charge in [0.1, 0.15) is 11.8 Å². The quantitative estimate of drug-likeness (QED) is 0.303. The van der Waals surface area contributed by atoms with Crippen molar-refractivity contribution in [1.29, 1.82) is 0 Å². The molecular formula is C30H34ClN3O7S. The number of benzene rings is 3. The minimum absolute atomic E-state index is 0.0449. The number of hydrogen-bond donors (Lipinski definition) is 2. The molecule has 1 aliphatic rings. The topological polar surface area (TPSA) is 125 Å². The maximum absolute atomic E-state index is 13.7. The van der Waals surface area contributed by atoms with E-state index in [1.54, 1.807) is 24.3 Å². The van der Waals surface area contributed by atoms with Crippen molar-refractivity contribution in [3.8, 4) is 5.75 Å². The number of nitrogens with one attached hydrogen (secondary N) is 1. The molecule has 3 aromatic rings. The van der Waals surface area contributed by atoms with Gasteiger partial charge in [-0.1, -0.05) is 54.1 Å². The van der Waals surface area contributed by atoms with Crippen molar-refractivity contribution in [2.45, 2.75) is 23.9 Å². The number of halogens is 1. The Kier molecular flexibility index (Phi) is 11.3. The Morgan fingerprint density at radius 1 is 0.976 bits per heavy atom. The molecule has 0 aromatic heterocycles. The van der Waals surface area contributed by atoms with E-state index in [1.165, 1.54) is 33.5 Å². The summed E-state index contributed by atoms with van der Waals surface area (Å²) in [4.78, 5) is 28.5. The Labute approximate surface area is 250 Å². The minimum Gasteiger partial charge on any atom is -0.484 e. The first kappa shape index (κ1) is 31.5. The second kappa shape index (κ2) is 15.1. The number of sulfonamides is 1. The molecule has 42 heavy (non-hydrogen) atoms. The number of morpholine rings is 1. The zero-order valence-electron chi connectivity index (χ0n) is 23.0. The summed E-state index contributed by atoms with van der Waals surface area (Å²) in [6.45, 7) is 0.792. The van der Waals surface area contributed by atoms with Gasteiger partial charge >= 0.3 is 0 Å². The molecule has 1 atom stereocenters. The summed E-state index contributed by atoms with van der Waals surface area (Å²) in [5.74, 6) is -0.553. The van der Waals surface area contributed by atoms with Crippen molar-refractivity contribution in [3.05, 3.63) is 95.0 Å². The fraction of sp³-hybridized carbons (Fsp3) is 0.333. The zero-order chi connectivity index (χ0) is 30.0. The fourth-order valence-electron chi connectivity index (χ4n) is 4.51. The first-order valence-corrected chi connectivity index (χ1v) is 15.4. The average Bonchev–Trinajstić information content (AvgIpc) is 3.02. The number of aliphatic hydroxyl groups is 1. The lowest BCUT2D eigenvalue weighted by atomic mass is 10.0. The predicted octanol–water partition coefficient (Wildman–Crippen LogP) is 2.49. The van der Waals surface area contributed by atoms with E-state index in [1.807, 2.05) is 30.3 Å². The number of carbonyl (C=O) groups is 2. The number of ether oxygens (including phenoxy) is 2. The minimum atomic E-state index is -3.67. The van der Waals surface area contributed by atoms with E-state index in [0.717, 1.165) is 11.1 Å². The van der Waals surface area contributed by atoms with E-state index in [0.29, 0.717) is 24.0 Å². The second-order valence-corrected chi connectivity index (χ2v) is 12.0. The van der Waals surface area contributed by atoms with E-state index < -0.39 is 27.9 Å². The molecule has 1 aliphatic heterocycles. The van der Waals surface area contributed by atoms with E-state index in [-0.39, 0.29) is 50.7 Å². The van der Waals surface area contributed by atoms with Gasteiger partial charge in [-0.15, -0.1) is 0 Å². The molecule has 2 amide bonds. The van der Waals surface area contributed by atoms with Gasteiger partial charge in [-0.3, -0.25) is 9.59 Å². The summed E-state index contributed by atoms with van der Waals surface area (Å²) in [7, 11) is -3.67. The van der Waals surface area contributed by atoms with Gasteiger partial charge in [-0.05, 0) is 47.5 Å². The Balaban J connectivity index is 1.53. The Hall–Kier alpha value is -3.48. The summed E-state index contributed by atoms with van der Waals surface area (Å²) in [5, 5.41) is 12.5. The standard InChI is InChI=1S/C30H34ClN3O7S/c31-25-8-6-24(7-9-25)21-34(28(30(37)32-14-17-35)20-23-4-2-1-3-5-23)29(36)22-41-26-10-12-27(13-11-26)42(38,39)33-15-18-40-19-16-33/h1-13,28,35H,14-22H2,(H,32,37)/t28-/m0/s1. The molecule has 3 aromatic carbocycles. The van der Waals surface area contributed by atoms with Gasteiger partial charge in [-0.25, -0.2) is 8.42 Å². The van der Waals surface area contributed by atoms with Crippen molar-refractivity contribution in [2.24, 2.45) is 0 Å². The van der Waals surface area contributed by atoms with Crippen LogP contribution in [0.15, 0.2) is 83.8 Å². The van der Waals surface area contributed by atoms with Gasteiger partial charge in [0.25, 0.3) is 5.91 Å². The van der Waals surface area contributed by atoms with Crippen LogP contribution in [0.3, 0.4) is 0 Å². The van der Waals surface area contributed by atoms with E-state index in [4.69, 9.17) is 21.1 Å². The first-order valence-electron chi connectivity index (χ1n) is 13.5. The number of aliphatic hydroxyl groups excluding tert-OH is 1. The Morgan fingerprint density at radius 3 is 2.29 bits per heavy atom. The van der Waals surface area contributed by atoms with Crippen LogP contribution in [-0.4, -0.2) is 86.6 Å². The monoisotopic (exact) mass is 615 g/mol. The maximum Gasteiger partial charge on any atom is 0.261 e. The molecule has 0 unspecified atom stereocenters. The Morgan fingerprint density at radius 2 is 1.64 bits per heavy atom. The summed E-state index contributed by atoms with van der Waals surface area (Å²) in [5.41, 5.74) is 1.62. The molecule has 0 radical (unpaired) electrons. The first-order chi connectivity index (χ1) is 20.3. The van der Waals surface area contributed by atoms with Crippen LogP contribution in [-0.2, 0) is 37.3 Å². The average molecular weight is 616 g/mol. The second-order valence-electron chi connectivity index (χ2n) is 9.64. The SMILES string of the molecule is O=C(NCCO)[C@H](Cc1ccccc1)N(Cc1ccc(Cl)cc1)C(=O)COc1ccc(S(=O)(=O)N2CCOCC2)cc1. The highest BCUT2D eigenvalue weighted by atomic mass is 35.5. The highest BCUT2D eigenvalue weighted by Gasteiger charge is 2.31. The van der Waals surface area contributed by atoms with Crippen LogP contribution < -0.4 is 10.1 Å². The molecule has 0 spiro atoms. The molecular weight excluding hydrogens is 582 g/mol. The van der Waals surface area contributed by atoms with Crippen molar-refractivity contribution in [3.63, 3.8) is 0 Å². The maximum atomic E-state index is 13.7. The molecule has 1 fully saturated rings. The molecule has 10 nitrogen and oxygen atoms in total. The molecule has 224 valence electrons.